The molecule has 0 radical (unpaired) electrons. The first kappa shape index (κ1) is 16.5. The van der Waals surface area contributed by atoms with Gasteiger partial charge >= 0.3 is 0 Å². The minimum atomic E-state index is -3.80. The summed E-state index contributed by atoms with van der Waals surface area (Å²) in [5.41, 5.74) is 5.34. The van der Waals surface area contributed by atoms with Crippen molar-refractivity contribution < 1.29 is 17.0 Å². The lowest BCUT2D eigenvalue weighted by atomic mass is 10.3. The average molecular weight is 373 g/mol. The van der Waals surface area contributed by atoms with Gasteiger partial charge in [0.05, 0.1) is 10.2 Å². The Morgan fingerprint density at radius 2 is 2.11 bits per heavy atom. The van der Waals surface area contributed by atoms with Crippen molar-refractivity contribution in [2.45, 2.75) is 11.3 Å². The van der Waals surface area contributed by atoms with Crippen molar-refractivity contribution in [2.24, 2.45) is 0 Å². The number of anilines is 1. The van der Waals surface area contributed by atoms with E-state index in [-0.39, 0.29) is 21.6 Å². The Hall–Kier alpha value is -0.510. The van der Waals surface area contributed by atoms with Crippen molar-refractivity contribution in [1.82, 2.24) is 4.72 Å². The van der Waals surface area contributed by atoms with E-state index in [9.17, 15) is 17.0 Å². The van der Waals surface area contributed by atoms with Crippen LogP contribution in [0.1, 0.15) is 6.42 Å². The van der Waals surface area contributed by atoms with E-state index in [2.05, 4.69) is 20.7 Å². The number of rotatable bonds is 6. The Labute approximate surface area is 122 Å². The zero-order chi connectivity index (χ0) is 14.6. The number of nitrogens with one attached hydrogen (secondary N) is 1. The second kappa shape index (κ2) is 6.78. The summed E-state index contributed by atoms with van der Waals surface area (Å²) in [4.78, 5) is -0.182. The number of nitrogens with two attached hydrogens (primary N) is 1. The summed E-state index contributed by atoms with van der Waals surface area (Å²) in [6.07, 6.45) is 1.99. The maximum absolute atomic E-state index is 13.2. The van der Waals surface area contributed by atoms with Crippen molar-refractivity contribution >= 4 is 42.4 Å². The van der Waals surface area contributed by atoms with Crippen LogP contribution in [-0.4, -0.2) is 31.2 Å². The molecule has 0 amide bonds. The lowest BCUT2D eigenvalue weighted by Crippen LogP contribution is -2.26. The van der Waals surface area contributed by atoms with E-state index in [0.717, 1.165) is 12.1 Å². The van der Waals surface area contributed by atoms with Crippen LogP contribution in [0.2, 0.25) is 0 Å². The van der Waals surface area contributed by atoms with Gasteiger partial charge < -0.3 is 5.73 Å². The van der Waals surface area contributed by atoms with Crippen molar-refractivity contribution in [3.63, 3.8) is 0 Å². The molecule has 0 saturated carbocycles. The van der Waals surface area contributed by atoms with Gasteiger partial charge in [0.15, 0.2) is 0 Å². The average Bonchev–Trinajstić information content (AvgIpc) is 2.29. The Kier molecular flexibility index (Phi) is 5.90. The lowest BCUT2D eigenvalue weighted by molar-refractivity contribution is 0.580. The van der Waals surface area contributed by atoms with Crippen LogP contribution in [0.25, 0.3) is 0 Å². The van der Waals surface area contributed by atoms with Crippen LogP contribution in [-0.2, 0) is 20.8 Å². The van der Waals surface area contributed by atoms with Crippen LogP contribution in [0.15, 0.2) is 21.5 Å². The van der Waals surface area contributed by atoms with Gasteiger partial charge in [0.2, 0.25) is 10.0 Å². The predicted octanol–water partition coefficient (Wildman–Crippen LogP) is 1.22. The van der Waals surface area contributed by atoms with E-state index in [1.807, 2.05) is 0 Å². The summed E-state index contributed by atoms with van der Waals surface area (Å²) in [5.74, 6) is -0.219. The van der Waals surface area contributed by atoms with Gasteiger partial charge in [0.25, 0.3) is 0 Å². The van der Waals surface area contributed by atoms with Crippen molar-refractivity contribution in [3.05, 3.63) is 22.4 Å². The van der Waals surface area contributed by atoms with E-state index in [0.29, 0.717) is 12.2 Å². The Balaban J connectivity index is 2.83. The van der Waals surface area contributed by atoms with Crippen LogP contribution in [0.4, 0.5) is 10.1 Å². The summed E-state index contributed by atoms with van der Waals surface area (Å²) in [7, 11) is -4.76. The molecular weight excluding hydrogens is 359 g/mol. The van der Waals surface area contributed by atoms with Gasteiger partial charge in [-0.25, -0.2) is 17.5 Å². The highest BCUT2D eigenvalue weighted by Gasteiger charge is 2.19. The second-order valence-electron chi connectivity index (χ2n) is 3.83. The monoisotopic (exact) mass is 372 g/mol. The molecular formula is C10H14BrFN2O3S2. The highest BCUT2D eigenvalue weighted by Crippen LogP contribution is 2.25. The molecule has 0 aliphatic rings. The molecule has 0 spiro atoms. The zero-order valence-electron chi connectivity index (χ0n) is 10.2. The molecule has 9 heteroatoms. The lowest BCUT2D eigenvalue weighted by Gasteiger charge is -2.09. The fourth-order valence-corrected chi connectivity index (χ4v) is 3.59. The normalized spacial score (nSPS) is 13.4. The first-order valence-electron chi connectivity index (χ1n) is 5.28. The molecule has 0 bridgehead atoms. The molecule has 19 heavy (non-hydrogen) atoms. The van der Waals surface area contributed by atoms with E-state index < -0.39 is 26.6 Å². The third-order valence-electron chi connectivity index (χ3n) is 2.24. The van der Waals surface area contributed by atoms with Crippen LogP contribution in [0.5, 0.6) is 0 Å². The van der Waals surface area contributed by atoms with Crippen LogP contribution < -0.4 is 10.5 Å². The van der Waals surface area contributed by atoms with Gasteiger partial charge in [-0.15, -0.1) is 0 Å². The highest BCUT2D eigenvalue weighted by molar-refractivity contribution is 9.10. The van der Waals surface area contributed by atoms with Crippen LogP contribution >= 0.6 is 15.9 Å². The smallest absolute Gasteiger partial charge is 0.242 e. The van der Waals surface area contributed by atoms with Gasteiger partial charge in [0, 0.05) is 29.4 Å². The highest BCUT2D eigenvalue weighted by atomic mass is 79.9. The molecule has 1 rings (SSSR count). The summed E-state index contributed by atoms with van der Waals surface area (Å²) in [6, 6.07) is 2.06. The Morgan fingerprint density at radius 3 is 2.68 bits per heavy atom. The maximum atomic E-state index is 13.2. The summed E-state index contributed by atoms with van der Waals surface area (Å²) in [5, 5.41) is 0. The van der Waals surface area contributed by atoms with Gasteiger partial charge in [-0.3, -0.25) is 4.21 Å². The Bertz CT molecular complexity index is 593. The number of benzene rings is 1. The number of nitrogen functional groups attached to an aromatic ring is 1. The second-order valence-corrected chi connectivity index (χ2v) is 7.98. The fraction of sp³-hybridized carbons (Fsp3) is 0.400. The van der Waals surface area contributed by atoms with Gasteiger partial charge in [-0.1, -0.05) is 0 Å². The molecule has 3 N–H and O–H groups in total. The third-order valence-corrected chi connectivity index (χ3v) is 5.23. The molecule has 1 atom stereocenters. The molecule has 0 aliphatic carbocycles. The van der Waals surface area contributed by atoms with E-state index >= 15 is 0 Å². The minimum absolute atomic E-state index is 0.0248. The maximum Gasteiger partial charge on any atom is 0.242 e. The van der Waals surface area contributed by atoms with Gasteiger partial charge in [-0.05, 0) is 34.5 Å². The SMILES string of the molecule is CS(=O)CCCNS(=O)(=O)c1cc(Br)c(F)cc1N. The molecule has 108 valence electrons. The molecule has 0 heterocycles. The van der Waals surface area contributed by atoms with Crippen molar-refractivity contribution in [1.29, 1.82) is 0 Å². The molecule has 0 saturated heterocycles. The van der Waals surface area contributed by atoms with Crippen molar-refractivity contribution in [2.75, 3.05) is 24.3 Å². The Morgan fingerprint density at radius 1 is 1.47 bits per heavy atom. The third kappa shape index (κ3) is 4.83. The number of halogens is 2. The molecule has 5 nitrogen and oxygen atoms in total. The molecule has 1 aromatic carbocycles. The number of hydrogen-bond donors (Lipinski definition) is 2. The molecule has 0 aliphatic heterocycles. The van der Waals surface area contributed by atoms with Gasteiger partial charge in [0.1, 0.15) is 10.7 Å². The van der Waals surface area contributed by atoms with Gasteiger partial charge in [-0.2, -0.15) is 0 Å². The molecule has 1 unspecified atom stereocenters. The quantitative estimate of drug-likeness (QED) is 0.580. The summed E-state index contributed by atoms with van der Waals surface area (Å²) < 4.78 is 50.3. The molecule has 0 aromatic heterocycles. The number of sulfonamides is 1. The van der Waals surface area contributed by atoms with E-state index in [4.69, 9.17) is 5.73 Å². The summed E-state index contributed by atoms with van der Waals surface area (Å²) in [6.45, 7) is 0.149. The molecule has 0 fully saturated rings. The predicted molar refractivity (Wildman–Crippen MR) is 77.3 cm³/mol. The van der Waals surface area contributed by atoms with Crippen LogP contribution in [0, 0.1) is 5.82 Å². The standard InChI is InChI=1S/C10H14BrFN2O3S2/c1-18(15)4-2-3-14-19(16,17)10-5-7(11)8(12)6-9(10)13/h5-6,14H,2-4,13H2,1H3. The molecule has 1 aromatic rings. The minimum Gasteiger partial charge on any atom is -0.398 e. The van der Waals surface area contributed by atoms with Crippen LogP contribution in [0.3, 0.4) is 0 Å². The zero-order valence-corrected chi connectivity index (χ0v) is 13.4. The number of hydrogen-bond acceptors (Lipinski definition) is 4. The van der Waals surface area contributed by atoms with E-state index in [1.54, 1.807) is 6.26 Å². The van der Waals surface area contributed by atoms with Crippen molar-refractivity contribution in [3.8, 4) is 0 Å². The fourth-order valence-electron chi connectivity index (χ4n) is 1.34. The topological polar surface area (TPSA) is 89.3 Å². The summed E-state index contributed by atoms with van der Waals surface area (Å²) >= 11 is 2.91. The van der Waals surface area contributed by atoms with E-state index in [1.165, 1.54) is 0 Å². The first-order valence-corrected chi connectivity index (χ1v) is 9.28. The largest absolute Gasteiger partial charge is 0.398 e. The first-order chi connectivity index (χ1) is 8.74.